The van der Waals surface area contributed by atoms with Crippen LogP contribution in [0.25, 0.3) is 0 Å². The molecule has 0 aromatic heterocycles. The first kappa shape index (κ1) is 20.0. The van der Waals surface area contributed by atoms with Crippen molar-refractivity contribution in [3.8, 4) is 5.75 Å². The predicted octanol–water partition coefficient (Wildman–Crippen LogP) is 2.28. The third-order valence-corrected chi connectivity index (χ3v) is 9.28. The number of amides is 1. The molecule has 170 valence electrons. The first-order chi connectivity index (χ1) is 15.4. The SMILES string of the molecule is COC(=O)C1C2N3CCCC24CCC12N(C(=O)OC)c1c(OC)cccc1C2(CC3)C4=O. The van der Waals surface area contributed by atoms with E-state index in [0.29, 0.717) is 37.2 Å². The molecule has 3 saturated carbocycles. The quantitative estimate of drug-likeness (QED) is 0.652. The summed E-state index contributed by atoms with van der Waals surface area (Å²) in [6, 6.07) is 5.33. The van der Waals surface area contributed by atoms with Crippen LogP contribution in [0.15, 0.2) is 18.2 Å². The van der Waals surface area contributed by atoms with Crippen LogP contribution in [0.3, 0.4) is 0 Å². The van der Waals surface area contributed by atoms with E-state index in [1.54, 1.807) is 18.1 Å². The van der Waals surface area contributed by atoms with Gasteiger partial charge in [-0.05, 0) is 56.8 Å². The molecule has 0 radical (unpaired) electrons. The van der Waals surface area contributed by atoms with Crippen LogP contribution in [0.1, 0.15) is 37.7 Å². The molecule has 6 atom stereocenters. The van der Waals surface area contributed by atoms with Gasteiger partial charge in [-0.25, -0.2) is 4.79 Å². The topological polar surface area (TPSA) is 85.4 Å². The van der Waals surface area contributed by atoms with Gasteiger partial charge in [0, 0.05) is 11.5 Å². The number of Topliss-reactive ketones (excluding diaryl/α,β-unsaturated/α-hetero) is 1. The highest BCUT2D eigenvalue weighted by molar-refractivity contribution is 6.11. The Hall–Kier alpha value is -2.61. The maximum atomic E-state index is 14.7. The summed E-state index contributed by atoms with van der Waals surface area (Å²) in [5.41, 5.74) is -1.31. The van der Waals surface area contributed by atoms with Crippen molar-refractivity contribution in [3.63, 3.8) is 0 Å². The number of rotatable bonds is 2. The molecule has 3 spiro atoms. The molecule has 3 aliphatic carbocycles. The number of esters is 1. The minimum atomic E-state index is -1.07. The number of hydrogen-bond donors (Lipinski definition) is 0. The summed E-state index contributed by atoms with van der Waals surface area (Å²) in [5, 5.41) is 0. The molecule has 1 aromatic rings. The van der Waals surface area contributed by atoms with Crippen LogP contribution in [0.2, 0.25) is 0 Å². The molecule has 32 heavy (non-hydrogen) atoms. The number of benzene rings is 1. The second-order valence-electron chi connectivity index (χ2n) is 9.81. The first-order valence-electron chi connectivity index (χ1n) is 11.4. The third kappa shape index (κ3) is 1.82. The average Bonchev–Trinajstić information content (AvgIpc) is 2.98. The van der Waals surface area contributed by atoms with Crippen LogP contribution in [0, 0.1) is 11.3 Å². The molecule has 6 fully saturated rings. The maximum Gasteiger partial charge on any atom is 0.414 e. The van der Waals surface area contributed by atoms with E-state index < -0.39 is 28.4 Å². The Bertz CT molecular complexity index is 1060. The van der Waals surface area contributed by atoms with E-state index in [0.717, 1.165) is 24.9 Å². The molecule has 8 rings (SSSR count). The van der Waals surface area contributed by atoms with Crippen molar-refractivity contribution in [1.82, 2.24) is 4.90 Å². The van der Waals surface area contributed by atoms with Gasteiger partial charge < -0.3 is 14.2 Å². The van der Waals surface area contributed by atoms with Crippen LogP contribution in [0.4, 0.5) is 10.5 Å². The molecule has 4 heterocycles. The number of piperidine rings is 1. The maximum absolute atomic E-state index is 14.7. The number of anilines is 1. The van der Waals surface area contributed by atoms with Crippen molar-refractivity contribution in [1.29, 1.82) is 0 Å². The molecule has 4 aliphatic heterocycles. The number of para-hydroxylation sites is 1. The van der Waals surface area contributed by atoms with Crippen LogP contribution < -0.4 is 9.64 Å². The minimum absolute atomic E-state index is 0.185. The largest absolute Gasteiger partial charge is 0.495 e. The number of ether oxygens (including phenoxy) is 3. The van der Waals surface area contributed by atoms with Crippen LogP contribution >= 0.6 is 0 Å². The standard InChI is InChI=1S/C24H28N2O6/c1-30-15-7-4-6-14-17(15)26(21(29)32-3)24-10-9-22-8-5-12-25(13-11-23(14,24)20(22)28)18(22)16(24)19(27)31-2/h4,6-7,16,18H,5,8-13H2,1-3H3. The molecule has 8 nitrogen and oxygen atoms in total. The van der Waals surface area contributed by atoms with Gasteiger partial charge in [-0.15, -0.1) is 0 Å². The van der Waals surface area contributed by atoms with Gasteiger partial charge in [0.1, 0.15) is 5.75 Å². The van der Waals surface area contributed by atoms with Gasteiger partial charge in [0.05, 0.1) is 43.9 Å². The molecule has 7 aliphatic rings. The highest BCUT2D eigenvalue weighted by Crippen LogP contribution is 2.74. The Kier molecular flexibility index (Phi) is 3.91. The lowest BCUT2D eigenvalue weighted by molar-refractivity contribution is -0.183. The molecule has 1 amide bonds. The summed E-state index contributed by atoms with van der Waals surface area (Å²) < 4.78 is 16.3. The third-order valence-electron chi connectivity index (χ3n) is 9.28. The Morgan fingerprint density at radius 1 is 1.03 bits per heavy atom. The zero-order chi connectivity index (χ0) is 22.5. The van der Waals surface area contributed by atoms with Crippen molar-refractivity contribution >= 4 is 23.5 Å². The van der Waals surface area contributed by atoms with Gasteiger partial charge in [0.15, 0.2) is 5.78 Å². The van der Waals surface area contributed by atoms with Crippen molar-refractivity contribution in [2.75, 3.05) is 39.3 Å². The zero-order valence-corrected chi connectivity index (χ0v) is 18.7. The van der Waals surface area contributed by atoms with Gasteiger partial charge in [0.25, 0.3) is 0 Å². The molecular weight excluding hydrogens is 412 g/mol. The molecule has 3 saturated heterocycles. The fraction of sp³-hybridized carbons (Fsp3) is 0.625. The smallest absolute Gasteiger partial charge is 0.414 e. The van der Waals surface area contributed by atoms with E-state index in [2.05, 4.69) is 4.90 Å². The van der Waals surface area contributed by atoms with E-state index in [1.807, 2.05) is 12.1 Å². The van der Waals surface area contributed by atoms with Crippen LogP contribution in [0.5, 0.6) is 5.75 Å². The Morgan fingerprint density at radius 2 is 1.84 bits per heavy atom. The Labute approximate surface area is 186 Å². The van der Waals surface area contributed by atoms with Crippen molar-refractivity contribution in [2.24, 2.45) is 11.3 Å². The monoisotopic (exact) mass is 440 g/mol. The number of hydrogen-bond acceptors (Lipinski definition) is 7. The van der Waals surface area contributed by atoms with Gasteiger partial charge in [-0.1, -0.05) is 12.1 Å². The molecule has 0 N–H and O–H groups in total. The minimum Gasteiger partial charge on any atom is -0.495 e. The van der Waals surface area contributed by atoms with Gasteiger partial charge in [-0.3, -0.25) is 19.4 Å². The second-order valence-corrected chi connectivity index (χ2v) is 9.81. The van der Waals surface area contributed by atoms with Crippen molar-refractivity contribution in [2.45, 2.75) is 49.1 Å². The summed E-state index contributed by atoms with van der Waals surface area (Å²) in [5.74, 6) is -0.304. The molecule has 5 bridgehead atoms. The van der Waals surface area contributed by atoms with E-state index in [1.165, 1.54) is 14.2 Å². The lowest BCUT2D eigenvalue weighted by Gasteiger charge is -2.67. The number of methoxy groups -OCH3 is 3. The number of ketones is 1. The summed E-state index contributed by atoms with van der Waals surface area (Å²) in [7, 11) is 4.29. The fourth-order valence-corrected chi connectivity index (χ4v) is 8.41. The van der Waals surface area contributed by atoms with Gasteiger partial charge in [-0.2, -0.15) is 0 Å². The molecule has 6 unspecified atom stereocenters. The second kappa shape index (κ2) is 6.25. The van der Waals surface area contributed by atoms with Crippen molar-refractivity contribution < 1.29 is 28.6 Å². The van der Waals surface area contributed by atoms with E-state index in [-0.39, 0.29) is 17.8 Å². The number of nitrogens with zero attached hydrogens (tertiary/aromatic N) is 2. The number of carbonyl (C=O) groups excluding carboxylic acids is 3. The first-order valence-corrected chi connectivity index (χ1v) is 11.4. The normalized spacial score (nSPS) is 40.4. The average molecular weight is 440 g/mol. The van der Waals surface area contributed by atoms with E-state index >= 15 is 0 Å². The van der Waals surface area contributed by atoms with Gasteiger partial charge in [0.2, 0.25) is 0 Å². The van der Waals surface area contributed by atoms with E-state index in [9.17, 15) is 14.4 Å². The number of fused-ring (bicyclic) bond motifs is 3. The summed E-state index contributed by atoms with van der Waals surface area (Å²) >= 11 is 0. The van der Waals surface area contributed by atoms with E-state index in [4.69, 9.17) is 14.2 Å². The molecular formula is C24H28N2O6. The van der Waals surface area contributed by atoms with Crippen LogP contribution in [-0.4, -0.2) is 68.7 Å². The number of carbonyl (C=O) groups is 3. The molecule has 8 heteroatoms. The lowest BCUT2D eigenvalue weighted by atomic mass is 9.38. The fourth-order valence-electron chi connectivity index (χ4n) is 8.41. The summed E-state index contributed by atoms with van der Waals surface area (Å²) in [4.78, 5) is 45.6. The van der Waals surface area contributed by atoms with Crippen LogP contribution in [-0.2, 0) is 24.5 Å². The lowest BCUT2D eigenvalue weighted by Crippen LogP contribution is -2.82. The van der Waals surface area contributed by atoms with Gasteiger partial charge >= 0.3 is 12.1 Å². The highest BCUT2D eigenvalue weighted by Gasteiger charge is 2.84. The van der Waals surface area contributed by atoms with Crippen molar-refractivity contribution in [3.05, 3.63) is 23.8 Å². The zero-order valence-electron chi connectivity index (χ0n) is 18.7. The Balaban J connectivity index is 1.76. The Morgan fingerprint density at radius 3 is 2.56 bits per heavy atom. The predicted molar refractivity (Wildman–Crippen MR) is 114 cm³/mol. The highest BCUT2D eigenvalue weighted by atomic mass is 16.5. The summed E-state index contributed by atoms with van der Waals surface area (Å²) in [6.07, 6.45) is 2.91. The molecule has 1 aromatic carbocycles. The summed E-state index contributed by atoms with van der Waals surface area (Å²) in [6.45, 7) is 1.56.